The van der Waals surface area contributed by atoms with Gasteiger partial charge in [0.25, 0.3) is 5.91 Å². The van der Waals surface area contributed by atoms with E-state index in [0.29, 0.717) is 12.1 Å². The number of aryl methyl sites for hydroxylation is 1. The predicted molar refractivity (Wildman–Crippen MR) is 103 cm³/mol. The Morgan fingerprint density at radius 1 is 0.760 bits per heavy atom. The van der Waals surface area contributed by atoms with Crippen LogP contribution >= 0.6 is 0 Å². The van der Waals surface area contributed by atoms with E-state index in [-0.39, 0.29) is 5.91 Å². The average Bonchev–Trinajstić information content (AvgIpc) is 2.67. The van der Waals surface area contributed by atoms with Crippen LogP contribution in [-0.2, 0) is 13.1 Å². The largest absolute Gasteiger partial charge is 0.381 e. The molecule has 0 aromatic heterocycles. The molecule has 126 valence electrons. The zero-order valence-electron chi connectivity index (χ0n) is 14.3. The Morgan fingerprint density at radius 2 is 1.40 bits per heavy atom. The summed E-state index contributed by atoms with van der Waals surface area (Å²) >= 11 is 0. The number of hydrogen-bond acceptors (Lipinski definition) is 2. The second-order valence-corrected chi connectivity index (χ2v) is 6.08. The highest BCUT2D eigenvalue weighted by Crippen LogP contribution is 2.12. The fourth-order valence-electron chi connectivity index (χ4n) is 2.53. The van der Waals surface area contributed by atoms with Gasteiger partial charge in [0, 0.05) is 24.3 Å². The molecule has 3 aromatic rings. The van der Waals surface area contributed by atoms with Crippen molar-refractivity contribution in [3.8, 4) is 0 Å². The molecular formula is C22H22N2O. The topological polar surface area (TPSA) is 41.1 Å². The summed E-state index contributed by atoms with van der Waals surface area (Å²) in [5.74, 6) is -0.0612. The lowest BCUT2D eigenvalue weighted by molar-refractivity contribution is 0.0951. The molecule has 25 heavy (non-hydrogen) atoms. The normalized spacial score (nSPS) is 10.3. The Bertz CT molecular complexity index is 809. The molecule has 0 bridgehead atoms. The van der Waals surface area contributed by atoms with Crippen LogP contribution in [0.5, 0.6) is 0 Å². The highest BCUT2D eigenvalue weighted by Gasteiger charge is 2.05. The van der Waals surface area contributed by atoms with Crippen LogP contribution in [0.25, 0.3) is 0 Å². The fraction of sp³-hybridized carbons (Fsp3) is 0.136. The molecule has 0 heterocycles. The van der Waals surface area contributed by atoms with Crippen molar-refractivity contribution in [2.75, 3.05) is 5.32 Å². The lowest BCUT2D eigenvalue weighted by atomic mass is 10.1. The summed E-state index contributed by atoms with van der Waals surface area (Å²) in [4.78, 5) is 12.2. The van der Waals surface area contributed by atoms with Crippen LogP contribution < -0.4 is 10.6 Å². The first-order valence-electron chi connectivity index (χ1n) is 8.42. The summed E-state index contributed by atoms with van der Waals surface area (Å²) in [6.45, 7) is 3.38. The minimum atomic E-state index is -0.0612. The molecule has 0 aliphatic heterocycles. The van der Waals surface area contributed by atoms with Gasteiger partial charge in [0.1, 0.15) is 0 Å². The summed E-state index contributed by atoms with van der Waals surface area (Å²) < 4.78 is 0. The van der Waals surface area contributed by atoms with Gasteiger partial charge in [-0.3, -0.25) is 4.79 Å². The number of carbonyl (C=O) groups excluding carboxylic acids is 1. The van der Waals surface area contributed by atoms with Crippen LogP contribution in [-0.4, -0.2) is 5.91 Å². The van der Waals surface area contributed by atoms with E-state index in [1.54, 1.807) is 0 Å². The van der Waals surface area contributed by atoms with Crippen molar-refractivity contribution in [3.63, 3.8) is 0 Å². The SMILES string of the molecule is Cc1ccc(CNc2ccc(C(=O)NCc3ccccc3)cc2)cc1. The van der Waals surface area contributed by atoms with Crippen LogP contribution in [0.3, 0.4) is 0 Å². The first-order chi connectivity index (χ1) is 12.2. The van der Waals surface area contributed by atoms with E-state index in [9.17, 15) is 4.79 Å². The van der Waals surface area contributed by atoms with Crippen molar-refractivity contribution in [3.05, 3.63) is 101 Å². The molecule has 0 saturated carbocycles. The van der Waals surface area contributed by atoms with Crippen molar-refractivity contribution >= 4 is 11.6 Å². The summed E-state index contributed by atoms with van der Waals surface area (Å²) in [6, 6.07) is 25.9. The molecule has 0 radical (unpaired) electrons. The second kappa shape index (κ2) is 8.15. The van der Waals surface area contributed by atoms with E-state index in [4.69, 9.17) is 0 Å². The molecule has 1 amide bonds. The molecule has 0 fully saturated rings. The van der Waals surface area contributed by atoms with E-state index < -0.39 is 0 Å². The van der Waals surface area contributed by atoms with Crippen LogP contribution in [0.1, 0.15) is 27.0 Å². The molecule has 3 nitrogen and oxygen atoms in total. The van der Waals surface area contributed by atoms with Crippen molar-refractivity contribution in [1.29, 1.82) is 0 Å². The highest BCUT2D eigenvalue weighted by molar-refractivity contribution is 5.94. The molecule has 0 spiro atoms. The van der Waals surface area contributed by atoms with Gasteiger partial charge in [0.15, 0.2) is 0 Å². The Morgan fingerprint density at radius 3 is 2.08 bits per heavy atom. The number of amides is 1. The molecule has 0 saturated heterocycles. The molecule has 3 aromatic carbocycles. The van der Waals surface area contributed by atoms with Gasteiger partial charge in [-0.2, -0.15) is 0 Å². The van der Waals surface area contributed by atoms with Gasteiger partial charge in [-0.05, 0) is 42.3 Å². The van der Waals surface area contributed by atoms with Crippen LogP contribution in [0, 0.1) is 6.92 Å². The van der Waals surface area contributed by atoms with Crippen molar-refractivity contribution in [2.45, 2.75) is 20.0 Å². The van der Waals surface area contributed by atoms with E-state index >= 15 is 0 Å². The Balaban J connectivity index is 1.52. The van der Waals surface area contributed by atoms with Crippen LogP contribution in [0.15, 0.2) is 78.9 Å². The predicted octanol–water partition coefficient (Wildman–Crippen LogP) is 4.54. The lowest BCUT2D eigenvalue weighted by Crippen LogP contribution is -2.22. The number of hydrogen-bond donors (Lipinski definition) is 2. The number of benzene rings is 3. The Hall–Kier alpha value is -3.07. The standard InChI is InChI=1S/C22H22N2O/c1-17-7-9-19(10-8-17)15-23-21-13-11-20(12-14-21)22(25)24-16-18-5-3-2-4-6-18/h2-14,23H,15-16H2,1H3,(H,24,25). The van der Waals surface area contributed by atoms with Gasteiger partial charge in [-0.1, -0.05) is 60.2 Å². The molecule has 3 heteroatoms. The van der Waals surface area contributed by atoms with E-state index in [2.05, 4.69) is 41.8 Å². The molecule has 0 aliphatic carbocycles. The first-order valence-corrected chi connectivity index (χ1v) is 8.42. The third kappa shape index (κ3) is 4.95. The number of rotatable bonds is 6. The van der Waals surface area contributed by atoms with Gasteiger partial charge in [-0.15, -0.1) is 0 Å². The quantitative estimate of drug-likeness (QED) is 0.697. The van der Waals surface area contributed by atoms with Gasteiger partial charge in [0.05, 0.1) is 0 Å². The van der Waals surface area contributed by atoms with Gasteiger partial charge < -0.3 is 10.6 Å². The lowest BCUT2D eigenvalue weighted by Gasteiger charge is -2.09. The van der Waals surface area contributed by atoms with Gasteiger partial charge in [-0.25, -0.2) is 0 Å². The average molecular weight is 330 g/mol. The molecule has 2 N–H and O–H groups in total. The summed E-state index contributed by atoms with van der Waals surface area (Å²) in [5.41, 5.74) is 5.24. The van der Waals surface area contributed by atoms with Crippen LogP contribution in [0.2, 0.25) is 0 Å². The van der Waals surface area contributed by atoms with Crippen LogP contribution in [0.4, 0.5) is 5.69 Å². The van der Waals surface area contributed by atoms with Crippen molar-refractivity contribution < 1.29 is 4.79 Å². The monoisotopic (exact) mass is 330 g/mol. The number of anilines is 1. The minimum Gasteiger partial charge on any atom is -0.381 e. The maximum Gasteiger partial charge on any atom is 0.251 e. The minimum absolute atomic E-state index is 0.0612. The fourth-order valence-corrected chi connectivity index (χ4v) is 2.53. The molecule has 0 atom stereocenters. The highest BCUT2D eigenvalue weighted by atomic mass is 16.1. The zero-order valence-corrected chi connectivity index (χ0v) is 14.3. The number of nitrogens with one attached hydrogen (secondary N) is 2. The third-order valence-electron chi connectivity index (χ3n) is 4.06. The maximum atomic E-state index is 12.2. The summed E-state index contributed by atoms with van der Waals surface area (Å²) in [5, 5.41) is 6.31. The van der Waals surface area contributed by atoms with Gasteiger partial charge >= 0.3 is 0 Å². The summed E-state index contributed by atoms with van der Waals surface area (Å²) in [7, 11) is 0. The molecule has 0 aliphatic rings. The smallest absolute Gasteiger partial charge is 0.251 e. The second-order valence-electron chi connectivity index (χ2n) is 6.08. The molecule has 0 unspecified atom stereocenters. The third-order valence-corrected chi connectivity index (χ3v) is 4.06. The first kappa shape index (κ1) is 16.8. The van der Waals surface area contributed by atoms with Crippen molar-refractivity contribution in [2.24, 2.45) is 0 Å². The van der Waals surface area contributed by atoms with E-state index in [1.165, 1.54) is 11.1 Å². The Labute approximate surface area is 148 Å². The molecule has 3 rings (SSSR count). The van der Waals surface area contributed by atoms with Crippen molar-refractivity contribution in [1.82, 2.24) is 5.32 Å². The van der Waals surface area contributed by atoms with E-state index in [1.807, 2.05) is 54.6 Å². The van der Waals surface area contributed by atoms with E-state index in [0.717, 1.165) is 17.8 Å². The maximum absolute atomic E-state index is 12.2. The summed E-state index contributed by atoms with van der Waals surface area (Å²) in [6.07, 6.45) is 0. The number of carbonyl (C=O) groups is 1. The zero-order chi connectivity index (χ0) is 17.5. The Kier molecular flexibility index (Phi) is 5.47. The molecular weight excluding hydrogens is 308 g/mol. The van der Waals surface area contributed by atoms with Gasteiger partial charge in [0.2, 0.25) is 0 Å².